The Morgan fingerprint density at radius 3 is 2.56 bits per heavy atom. The van der Waals surface area contributed by atoms with Crippen LogP contribution in [0.25, 0.3) is 0 Å². The van der Waals surface area contributed by atoms with Gasteiger partial charge in [0.2, 0.25) is 0 Å². The van der Waals surface area contributed by atoms with E-state index in [-0.39, 0.29) is 11.3 Å². The summed E-state index contributed by atoms with van der Waals surface area (Å²) >= 11 is 0. The molecule has 3 aliphatic carbocycles. The third-order valence-corrected chi connectivity index (χ3v) is 7.68. The van der Waals surface area contributed by atoms with Crippen LogP contribution in [0.4, 0.5) is 11.4 Å². The number of benzene rings is 2. The maximum absolute atomic E-state index is 13.4. The smallest absolute Gasteiger partial charge is 0.166 e. The minimum Gasteiger partial charge on any atom is -0.356 e. The van der Waals surface area contributed by atoms with Gasteiger partial charge < -0.3 is 5.32 Å². The van der Waals surface area contributed by atoms with Crippen molar-refractivity contribution >= 4 is 17.2 Å². The first-order valence-corrected chi connectivity index (χ1v) is 10.6. The van der Waals surface area contributed by atoms with E-state index in [2.05, 4.69) is 49.5 Å². The molecule has 2 fully saturated rings. The van der Waals surface area contributed by atoms with Crippen LogP contribution in [0.3, 0.4) is 0 Å². The van der Waals surface area contributed by atoms with Gasteiger partial charge in [-0.3, -0.25) is 4.79 Å². The maximum Gasteiger partial charge on any atom is 0.166 e. The lowest BCUT2D eigenvalue weighted by Gasteiger charge is -2.52. The van der Waals surface area contributed by atoms with E-state index in [1.54, 1.807) is 0 Å². The lowest BCUT2D eigenvalue weighted by atomic mass is 9.51. The molecule has 1 N–H and O–H groups in total. The van der Waals surface area contributed by atoms with E-state index in [1.165, 1.54) is 37.7 Å². The van der Waals surface area contributed by atoms with Gasteiger partial charge in [-0.1, -0.05) is 44.9 Å². The summed E-state index contributed by atoms with van der Waals surface area (Å²) < 4.78 is 0. The Labute approximate surface area is 162 Å². The number of Topliss-reactive ketones (excluding diaryl/α,β-unsaturated/α-hetero) is 1. The molecule has 27 heavy (non-hydrogen) atoms. The number of anilines is 2. The lowest BCUT2D eigenvalue weighted by Crippen LogP contribution is -2.51. The van der Waals surface area contributed by atoms with E-state index in [0.717, 1.165) is 22.9 Å². The molecule has 0 aromatic heterocycles. The van der Waals surface area contributed by atoms with Gasteiger partial charge in [-0.25, -0.2) is 0 Å². The number of hydrogen-bond donors (Lipinski definition) is 1. The summed E-state index contributed by atoms with van der Waals surface area (Å²) in [5.41, 5.74) is 4.54. The first-order chi connectivity index (χ1) is 13.1. The zero-order valence-electron chi connectivity index (χ0n) is 16.4. The Balaban J connectivity index is 1.51. The summed E-state index contributed by atoms with van der Waals surface area (Å²) in [6.45, 7) is 4.73. The summed E-state index contributed by atoms with van der Waals surface area (Å²) in [6, 6.07) is 16.7. The second-order valence-electron chi connectivity index (χ2n) is 9.33. The van der Waals surface area contributed by atoms with Gasteiger partial charge in [0.1, 0.15) is 0 Å². The second-order valence-corrected chi connectivity index (χ2v) is 9.33. The fraction of sp³-hybridized carbons (Fsp3) is 0.480. The van der Waals surface area contributed by atoms with E-state index >= 15 is 0 Å². The van der Waals surface area contributed by atoms with E-state index < -0.39 is 0 Å². The summed E-state index contributed by atoms with van der Waals surface area (Å²) in [7, 11) is 0. The molecule has 0 spiro atoms. The molecule has 0 saturated heterocycles. The highest BCUT2D eigenvalue weighted by molar-refractivity contribution is 6.02. The largest absolute Gasteiger partial charge is 0.356 e. The Hall–Kier alpha value is -2.09. The number of para-hydroxylation sites is 1. The van der Waals surface area contributed by atoms with Crippen LogP contribution in [-0.2, 0) is 5.41 Å². The highest BCUT2D eigenvalue weighted by Crippen LogP contribution is 2.56. The monoisotopic (exact) mass is 359 g/mol. The lowest BCUT2D eigenvalue weighted by molar-refractivity contribution is 0.0435. The third kappa shape index (κ3) is 2.81. The summed E-state index contributed by atoms with van der Waals surface area (Å²) in [5, 5.41) is 3.51. The second kappa shape index (κ2) is 6.22. The van der Waals surface area contributed by atoms with Crippen LogP contribution in [0.2, 0.25) is 0 Å². The minimum atomic E-state index is 0.113. The van der Waals surface area contributed by atoms with Gasteiger partial charge in [0.25, 0.3) is 0 Å². The highest BCUT2D eigenvalue weighted by Gasteiger charge is 2.53. The van der Waals surface area contributed by atoms with Gasteiger partial charge in [-0.05, 0) is 78.3 Å². The van der Waals surface area contributed by atoms with Crippen molar-refractivity contribution in [1.82, 2.24) is 0 Å². The molecule has 3 aliphatic rings. The molecule has 2 saturated carbocycles. The fourth-order valence-electron chi connectivity index (χ4n) is 5.74. The van der Waals surface area contributed by atoms with Crippen molar-refractivity contribution in [3.8, 4) is 0 Å². The van der Waals surface area contributed by atoms with Gasteiger partial charge in [0.15, 0.2) is 5.78 Å². The zero-order valence-corrected chi connectivity index (χ0v) is 16.4. The van der Waals surface area contributed by atoms with Crippen LogP contribution >= 0.6 is 0 Å². The average Bonchev–Trinajstić information content (AvgIpc) is 3.49. The molecule has 5 rings (SSSR count). The highest BCUT2D eigenvalue weighted by atomic mass is 16.1. The topological polar surface area (TPSA) is 29.1 Å². The first-order valence-electron chi connectivity index (χ1n) is 10.6. The average molecular weight is 360 g/mol. The molecule has 140 valence electrons. The fourth-order valence-corrected chi connectivity index (χ4v) is 5.74. The van der Waals surface area contributed by atoms with Crippen LogP contribution in [-0.4, -0.2) is 5.78 Å². The predicted octanol–water partition coefficient (Wildman–Crippen LogP) is 6.35. The molecule has 0 aliphatic heterocycles. The van der Waals surface area contributed by atoms with E-state index in [0.29, 0.717) is 17.6 Å². The summed E-state index contributed by atoms with van der Waals surface area (Å²) in [5.74, 6) is 2.57. The number of nitrogens with one attached hydrogen (secondary N) is 1. The van der Waals surface area contributed by atoms with Crippen LogP contribution in [0, 0.1) is 23.7 Å². The number of fused-ring (bicyclic) bond motifs is 4. The number of rotatable bonds is 4. The van der Waals surface area contributed by atoms with Gasteiger partial charge in [-0.2, -0.15) is 0 Å². The van der Waals surface area contributed by atoms with Crippen LogP contribution < -0.4 is 5.32 Å². The van der Waals surface area contributed by atoms with Crippen LogP contribution in [0.15, 0.2) is 48.5 Å². The molecule has 2 heteroatoms. The molecule has 2 bridgehead atoms. The van der Waals surface area contributed by atoms with E-state index in [1.807, 2.05) is 18.2 Å². The molecule has 1 unspecified atom stereocenters. The SMILES string of the molecule is C[C@H]1[C@H]2C(=O)c3ccc(Nc4ccccc4)cc3[C@]1(C)CCC2CC1CC1. The Morgan fingerprint density at radius 2 is 1.81 bits per heavy atom. The van der Waals surface area contributed by atoms with Gasteiger partial charge in [0, 0.05) is 22.9 Å². The zero-order chi connectivity index (χ0) is 18.6. The molecular formula is C25H29NO. The minimum absolute atomic E-state index is 0.113. The summed E-state index contributed by atoms with van der Waals surface area (Å²) in [4.78, 5) is 13.4. The quantitative estimate of drug-likeness (QED) is 0.689. The first kappa shape index (κ1) is 17.0. The maximum atomic E-state index is 13.4. The Morgan fingerprint density at radius 1 is 1.04 bits per heavy atom. The van der Waals surface area contributed by atoms with Crippen LogP contribution in [0.5, 0.6) is 0 Å². The van der Waals surface area contributed by atoms with Crippen molar-refractivity contribution in [1.29, 1.82) is 0 Å². The molecular weight excluding hydrogens is 330 g/mol. The van der Waals surface area contributed by atoms with Gasteiger partial charge in [0.05, 0.1) is 0 Å². The van der Waals surface area contributed by atoms with Crippen molar-refractivity contribution in [3.05, 3.63) is 59.7 Å². The van der Waals surface area contributed by atoms with Gasteiger partial charge >= 0.3 is 0 Å². The van der Waals surface area contributed by atoms with Crippen molar-refractivity contribution in [2.24, 2.45) is 23.7 Å². The Bertz CT molecular complexity index is 869. The molecule has 2 aromatic rings. The number of carbonyl (C=O) groups excluding carboxylic acids is 1. The molecule has 0 amide bonds. The van der Waals surface area contributed by atoms with Crippen molar-refractivity contribution in [3.63, 3.8) is 0 Å². The van der Waals surface area contributed by atoms with Crippen LogP contribution in [0.1, 0.15) is 61.9 Å². The standard InChI is InChI=1S/C25H29NO/c1-16-23-18(14-17-8-9-17)12-13-25(16,2)22-15-20(10-11-21(22)24(23)27)26-19-6-4-3-5-7-19/h3-7,10-11,15-18,23,26H,8-9,12-14H2,1-2H3/t16-,18?,23+,25+/m0/s1. The number of carbonyl (C=O) groups is 1. The normalized spacial score (nSPS) is 32.1. The summed E-state index contributed by atoms with van der Waals surface area (Å²) in [6.07, 6.45) is 6.46. The number of hydrogen-bond acceptors (Lipinski definition) is 2. The predicted molar refractivity (Wildman–Crippen MR) is 111 cm³/mol. The van der Waals surface area contributed by atoms with E-state index in [9.17, 15) is 4.79 Å². The van der Waals surface area contributed by atoms with Crippen molar-refractivity contribution in [2.75, 3.05) is 5.32 Å². The van der Waals surface area contributed by atoms with E-state index in [4.69, 9.17) is 0 Å². The molecule has 2 aromatic carbocycles. The van der Waals surface area contributed by atoms with Crippen molar-refractivity contribution < 1.29 is 4.79 Å². The van der Waals surface area contributed by atoms with Crippen molar-refractivity contribution in [2.45, 2.75) is 51.4 Å². The molecule has 2 nitrogen and oxygen atoms in total. The molecule has 0 radical (unpaired) electrons. The molecule has 0 heterocycles. The molecule has 4 atom stereocenters. The third-order valence-electron chi connectivity index (χ3n) is 7.68. The Kier molecular flexibility index (Phi) is 3.93. The number of ketones is 1. The van der Waals surface area contributed by atoms with Gasteiger partial charge in [-0.15, -0.1) is 0 Å².